The van der Waals surface area contributed by atoms with Crippen LogP contribution in [0.5, 0.6) is 11.5 Å². The average Bonchev–Trinajstić information content (AvgIpc) is 3.85. The van der Waals surface area contributed by atoms with E-state index in [1.165, 1.54) is 66.3 Å². The fraction of sp³-hybridized carbons (Fsp3) is 0.0164. The monoisotopic (exact) mass is 816 g/mol. The highest BCUT2D eigenvalue weighted by Gasteiger charge is 2.51. The number of para-hydroxylation sites is 3. The SMILES string of the molecule is c1ccc(-c2ccc(N(c3ccc(-c4ccc5c(c4)c4ccccc4n5-c4ccccc4)cc3)c3ccc4c(c3)Oc3ccccc3C43c4ccccc4-c4ccccc43)cc2)cc1. The fourth-order valence-corrected chi connectivity index (χ4v) is 10.7. The predicted molar refractivity (Wildman–Crippen MR) is 264 cm³/mol. The molecule has 0 saturated carbocycles. The van der Waals surface area contributed by atoms with E-state index in [1.54, 1.807) is 0 Å². The molecule has 300 valence electrons. The standard InChI is InChI=1S/C61H40N2O/c1-3-15-41(16-4-1)42-27-32-46(33-28-42)62(47-34-29-43(30-35-47)44-31-38-58-52(39-44)51-21-9-13-25-57(51)63(58)45-17-5-2-6-18-45)48-36-37-56-60(40-48)64-59-26-14-12-24-55(59)61(56)53-22-10-7-19-49(53)50-20-8-11-23-54(50)61/h1-40H. The van der Waals surface area contributed by atoms with E-state index in [4.69, 9.17) is 4.74 Å². The van der Waals surface area contributed by atoms with Crippen molar-refractivity contribution in [1.82, 2.24) is 4.57 Å². The smallest absolute Gasteiger partial charge is 0.134 e. The van der Waals surface area contributed by atoms with E-state index in [-0.39, 0.29) is 0 Å². The highest BCUT2D eigenvalue weighted by molar-refractivity contribution is 6.10. The summed E-state index contributed by atoms with van der Waals surface area (Å²) in [4.78, 5) is 2.35. The molecule has 10 aromatic carbocycles. The van der Waals surface area contributed by atoms with Crippen molar-refractivity contribution < 1.29 is 4.74 Å². The van der Waals surface area contributed by atoms with Crippen LogP contribution in [0.1, 0.15) is 22.3 Å². The van der Waals surface area contributed by atoms with Crippen LogP contribution in [0.2, 0.25) is 0 Å². The molecule has 64 heavy (non-hydrogen) atoms. The van der Waals surface area contributed by atoms with Crippen LogP contribution >= 0.6 is 0 Å². The first kappa shape index (κ1) is 36.3. The number of benzene rings is 10. The first-order valence-corrected chi connectivity index (χ1v) is 22.0. The lowest BCUT2D eigenvalue weighted by molar-refractivity contribution is 0.436. The summed E-state index contributed by atoms with van der Waals surface area (Å²) in [5, 5.41) is 2.48. The molecule has 1 aliphatic carbocycles. The zero-order valence-corrected chi connectivity index (χ0v) is 34.9. The number of aromatic nitrogens is 1. The van der Waals surface area contributed by atoms with Crippen LogP contribution in [-0.2, 0) is 5.41 Å². The minimum atomic E-state index is -0.520. The van der Waals surface area contributed by atoms with Gasteiger partial charge in [-0.2, -0.15) is 0 Å². The van der Waals surface area contributed by atoms with E-state index in [9.17, 15) is 0 Å². The summed E-state index contributed by atoms with van der Waals surface area (Å²) in [6.07, 6.45) is 0. The topological polar surface area (TPSA) is 17.4 Å². The van der Waals surface area contributed by atoms with Gasteiger partial charge >= 0.3 is 0 Å². The molecule has 13 rings (SSSR count). The number of hydrogen-bond acceptors (Lipinski definition) is 2. The van der Waals surface area contributed by atoms with Crippen molar-refractivity contribution in [3.63, 3.8) is 0 Å². The van der Waals surface area contributed by atoms with E-state index in [0.717, 1.165) is 45.4 Å². The van der Waals surface area contributed by atoms with Gasteiger partial charge < -0.3 is 14.2 Å². The summed E-state index contributed by atoms with van der Waals surface area (Å²) in [6.45, 7) is 0. The van der Waals surface area contributed by atoms with Crippen LogP contribution in [0, 0.1) is 0 Å². The van der Waals surface area contributed by atoms with E-state index >= 15 is 0 Å². The van der Waals surface area contributed by atoms with Crippen LogP contribution in [0.25, 0.3) is 60.9 Å². The molecular formula is C61H40N2O. The highest BCUT2D eigenvalue weighted by Crippen LogP contribution is 2.62. The summed E-state index contributed by atoms with van der Waals surface area (Å²) in [7, 11) is 0. The molecule has 1 aliphatic heterocycles. The summed E-state index contributed by atoms with van der Waals surface area (Å²) in [5.41, 5.74) is 18.3. The van der Waals surface area contributed by atoms with E-state index in [0.29, 0.717) is 0 Å². The minimum Gasteiger partial charge on any atom is -0.457 e. The maximum absolute atomic E-state index is 6.98. The maximum atomic E-state index is 6.98. The maximum Gasteiger partial charge on any atom is 0.134 e. The van der Waals surface area contributed by atoms with Gasteiger partial charge in [0.2, 0.25) is 0 Å². The Morgan fingerprint density at radius 1 is 0.328 bits per heavy atom. The van der Waals surface area contributed by atoms with Crippen LogP contribution in [0.4, 0.5) is 17.1 Å². The Labute approximate surface area is 372 Å². The first-order valence-electron chi connectivity index (χ1n) is 22.0. The normalized spacial score (nSPS) is 12.9. The first-order chi connectivity index (χ1) is 31.7. The summed E-state index contributed by atoms with van der Waals surface area (Å²) >= 11 is 0. The molecule has 1 spiro atoms. The minimum absolute atomic E-state index is 0.520. The number of fused-ring (bicyclic) bond motifs is 12. The second-order valence-corrected chi connectivity index (χ2v) is 16.8. The molecule has 2 heterocycles. The third kappa shape index (κ3) is 5.41. The van der Waals surface area contributed by atoms with Gasteiger partial charge in [0.05, 0.1) is 16.4 Å². The van der Waals surface area contributed by atoms with Gasteiger partial charge in [0.25, 0.3) is 0 Å². The molecule has 3 nitrogen and oxygen atoms in total. The molecule has 0 bridgehead atoms. The molecule has 0 atom stereocenters. The van der Waals surface area contributed by atoms with Crippen LogP contribution < -0.4 is 9.64 Å². The van der Waals surface area contributed by atoms with Gasteiger partial charge in [-0.15, -0.1) is 0 Å². The van der Waals surface area contributed by atoms with Crippen molar-refractivity contribution in [2.45, 2.75) is 5.41 Å². The Bertz CT molecular complexity index is 3520. The molecule has 0 unspecified atom stereocenters. The van der Waals surface area contributed by atoms with Crippen molar-refractivity contribution in [2.75, 3.05) is 4.90 Å². The number of anilines is 3. The number of hydrogen-bond donors (Lipinski definition) is 0. The molecule has 1 aromatic heterocycles. The molecule has 0 fully saturated rings. The Hall–Kier alpha value is -8.40. The summed E-state index contributed by atoms with van der Waals surface area (Å²) < 4.78 is 9.34. The van der Waals surface area contributed by atoms with Crippen LogP contribution in [0.3, 0.4) is 0 Å². The second-order valence-electron chi connectivity index (χ2n) is 16.8. The molecule has 0 saturated heterocycles. The van der Waals surface area contributed by atoms with Crippen molar-refractivity contribution in [3.8, 4) is 50.6 Å². The molecule has 3 heteroatoms. The second kappa shape index (κ2) is 14.3. The van der Waals surface area contributed by atoms with Crippen LogP contribution in [0.15, 0.2) is 243 Å². The van der Waals surface area contributed by atoms with Crippen molar-refractivity contribution >= 4 is 38.9 Å². The van der Waals surface area contributed by atoms with Gasteiger partial charge in [-0.05, 0) is 111 Å². The Balaban J connectivity index is 0.949. The fourth-order valence-electron chi connectivity index (χ4n) is 10.7. The number of rotatable bonds is 6. The van der Waals surface area contributed by atoms with Gasteiger partial charge in [-0.3, -0.25) is 0 Å². The Morgan fingerprint density at radius 3 is 1.53 bits per heavy atom. The summed E-state index contributed by atoms with van der Waals surface area (Å²) in [5.74, 6) is 1.74. The van der Waals surface area contributed by atoms with Crippen LogP contribution in [-0.4, -0.2) is 4.57 Å². The molecule has 11 aromatic rings. The Kier molecular flexibility index (Phi) is 8.13. The zero-order chi connectivity index (χ0) is 42.2. The lowest BCUT2D eigenvalue weighted by Crippen LogP contribution is -2.32. The molecule has 0 N–H and O–H groups in total. The van der Waals surface area contributed by atoms with Crippen molar-refractivity contribution in [3.05, 3.63) is 265 Å². The quantitative estimate of drug-likeness (QED) is 0.166. The van der Waals surface area contributed by atoms with Gasteiger partial charge in [0.1, 0.15) is 11.5 Å². The average molecular weight is 817 g/mol. The number of nitrogens with zero attached hydrogens (tertiary/aromatic N) is 2. The predicted octanol–water partition coefficient (Wildman–Crippen LogP) is 16.1. The molecule has 0 radical (unpaired) electrons. The van der Waals surface area contributed by atoms with Crippen molar-refractivity contribution in [2.24, 2.45) is 0 Å². The largest absolute Gasteiger partial charge is 0.457 e. The zero-order valence-electron chi connectivity index (χ0n) is 34.9. The number of ether oxygens (including phenoxy) is 1. The third-order valence-corrected chi connectivity index (χ3v) is 13.5. The van der Waals surface area contributed by atoms with Gasteiger partial charge in [0, 0.05) is 50.7 Å². The highest BCUT2D eigenvalue weighted by atomic mass is 16.5. The lowest BCUT2D eigenvalue weighted by atomic mass is 9.66. The Morgan fingerprint density at radius 2 is 0.828 bits per heavy atom. The van der Waals surface area contributed by atoms with E-state index < -0.39 is 5.41 Å². The molecule has 0 amide bonds. The van der Waals surface area contributed by atoms with Gasteiger partial charge in [0.15, 0.2) is 0 Å². The van der Waals surface area contributed by atoms with E-state index in [1.807, 2.05) is 0 Å². The van der Waals surface area contributed by atoms with Gasteiger partial charge in [-0.25, -0.2) is 0 Å². The van der Waals surface area contributed by atoms with E-state index in [2.05, 4.69) is 252 Å². The lowest BCUT2D eigenvalue weighted by Gasteiger charge is -2.40. The van der Waals surface area contributed by atoms with Crippen molar-refractivity contribution in [1.29, 1.82) is 0 Å². The summed E-state index contributed by atoms with van der Waals surface area (Å²) in [6, 6.07) is 87.9. The van der Waals surface area contributed by atoms with Gasteiger partial charge in [-0.1, -0.05) is 170 Å². The third-order valence-electron chi connectivity index (χ3n) is 13.5. The molecule has 2 aliphatic rings. The molecular weight excluding hydrogens is 777 g/mol.